The molecule has 7 nitrogen and oxygen atoms in total. The topological polar surface area (TPSA) is 88.5 Å². The summed E-state index contributed by atoms with van der Waals surface area (Å²) in [6.45, 7) is 0.266. The van der Waals surface area contributed by atoms with Gasteiger partial charge in [-0.25, -0.2) is 0 Å². The highest BCUT2D eigenvalue weighted by Crippen LogP contribution is 2.45. The van der Waals surface area contributed by atoms with Gasteiger partial charge in [-0.2, -0.15) is 0 Å². The van der Waals surface area contributed by atoms with Crippen LogP contribution in [-0.4, -0.2) is 54.4 Å². The summed E-state index contributed by atoms with van der Waals surface area (Å²) < 4.78 is 16.0. The third kappa shape index (κ3) is 3.02. The number of benzene rings is 2. The summed E-state index contributed by atoms with van der Waals surface area (Å²) in [4.78, 5) is 14.1. The Morgan fingerprint density at radius 3 is 2.52 bits per heavy atom. The first-order chi connectivity index (χ1) is 14.0. The van der Waals surface area contributed by atoms with Crippen molar-refractivity contribution in [1.82, 2.24) is 4.90 Å². The van der Waals surface area contributed by atoms with Crippen molar-refractivity contribution in [2.24, 2.45) is 0 Å². The molecule has 0 bridgehead atoms. The highest BCUT2D eigenvalue weighted by Gasteiger charge is 2.56. The molecule has 1 amide bonds. The molecule has 0 spiro atoms. The number of ether oxygens (including phenoxy) is 3. The second-order valence-electron chi connectivity index (χ2n) is 6.83. The minimum Gasteiger partial charge on any atom is -0.493 e. The van der Waals surface area contributed by atoms with E-state index in [0.717, 1.165) is 11.1 Å². The zero-order valence-electron chi connectivity index (χ0n) is 16.1. The lowest BCUT2D eigenvalue weighted by molar-refractivity contribution is -0.276. The number of hydrogen-bond acceptors (Lipinski definition) is 6. The zero-order valence-corrected chi connectivity index (χ0v) is 16.1. The van der Waals surface area contributed by atoms with Crippen LogP contribution < -0.4 is 9.47 Å². The van der Waals surface area contributed by atoms with Crippen LogP contribution in [0.25, 0.3) is 0 Å². The largest absolute Gasteiger partial charge is 0.493 e. The second-order valence-corrected chi connectivity index (χ2v) is 6.83. The normalized spacial score (nSPS) is 25.4. The maximum Gasteiger partial charge on any atom is 0.281 e. The van der Waals surface area contributed by atoms with Crippen molar-refractivity contribution in [3.05, 3.63) is 59.2 Å². The lowest BCUT2D eigenvalue weighted by atomic mass is 9.78. The van der Waals surface area contributed by atoms with Gasteiger partial charge in [-0.15, -0.1) is 0 Å². The van der Waals surface area contributed by atoms with E-state index < -0.39 is 24.0 Å². The quantitative estimate of drug-likeness (QED) is 0.738. The summed E-state index contributed by atoms with van der Waals surface area (Å²) in [5.41, 5.74) is 0.671. The molecule has 2 aromatic carbocycles. The Morgan fingerprint density at radius 1 is 1.14 bits per heavy atom. The standard InChI is InChI=1S/C22H21NO6/c1-27-17-12-15-9-11-23-19(24)20(25)29-21(26)22(23,16(15)13-18(17)28-2)10-8-14-6-4-3-5-7-14/h3-7,12-13,20-21,25-26H,9,11H2,1-2H3/t20?,21?,22-/m0/s1. The van der Waals surface area contributed by atoms with Crippen LogP contribution in [0, 0.1) is 11.8 Å². The highest BCUT2D eigenvalue weighted by atomic mass is 16.7. The minimum atomic E-state index is -1.74. The van der Waals surface area contributed by atoms with Crippen LogP contribution in [0.3, 0.4) is 0 Å². The number of rotatable bonds is 2. The van der Waals surface area contributed by atoms with Crippen LogP contribution in [0.4, 0.5) is 0 Å². The van der Waals surface area contributed by atoms with Gasteiger partial charge in [-0.05, 0) is 36.2 Å². The van der Waals surface area contributed by atoms with E-state index in [9.17, 15) is 15.0 Å². The maximum atomic E-state index is 12.7. The Morgan fingerprint density at radius 2 is 1.83 bits per heavy atom. The smallest absolute Gasteiger partial charge is 0.281 e. The first kappa shape index (κ1) is 19.3. The van der Waals surface area contributed by atoms with Crippen LogP contribution in [0.1, 0.15) is 16.7 Å². The van der Waals surface area contributed by atoms with Crippen LogP contribution in [0.15, 0.2) is 42.5 Å². The number of methoxy groups -OCH3 is 2. The number of amides is 1. The minimum absolute atomic E-state index is 0.266. The Hall–Kier alpha value is -3.05. The fourth-order valence-corrected chi connectivity index (χ4v) is 3.88. The summed E-state index contributed by atoms with van der Waals surface area (Å²) in [5, 5.41) is 20.9. The summed E-state index contributed by atoms with van der Waals surface area (Å²) in [5.74, 6) is 6.46. The van der Waals surface area contributed by atoms with Gasteiger partial charge in [-0.1, -0.05) is 30.0 Å². The van der Waals surface area contributed by atoms with Gasteiger partial charge < -0.3 is 29.3 Å². The monoisotopic (exact) mass is 395 g/mol. The highest BCUT2D eigenvalue weighted by molar-refractivity contribution is 5.83. The van der Waals surface area contributed by atoms with Gasteiger partial charge in [0.1, 0.15) is 0 Å². The molecule has 3 atom stereocenters. The molecule has 7 heteroatoms. The molecular weight excluding hydrogens is 374 g/mol. The number of aliphatic hydroxyl groups excluding tert-OH is 2. The number of morpholine rings is 1. The lowest BCUT2D eigenvalue weighted by Crippen LogP contribution is -2.66. The first-order valence-electron chi connectivity index (χ1n) is 9.18. The van der Waals surface area contributed by atoms with E-state index in [1.54, 1.807) is 13.2 Å². The van der Waals surface area contributed by atoms with Gasteiger partial charge >= 0.3 is 0 Å². The third-order valence-corrected chi connectivity index (χ3v) is 5.31. The Labute approximate surface area is 168 Å². The fourth-order valence-electron chi connectivity index (χ4n) is 3.88. The van der Waals surface area contributed by atoms with Gasteiger partial charge in [0.05, 0.1) is 14.2 Å². The maximum absolute atomic E-state index is 12.7. The molecule has 2 unspecified atom stereocenters. The Kier molecular flexibility index (Phi) is 4.92. The van der Waals surface area contributed by atoms with Crippen molar-refractivity contribution in [2.75, 3.05) is 20.8 Å². The molecule has 1 saturated heterocycles. The molecule has 0 aromatic heterocycles. The predicted octanol–water partition coefficient (Wildman–Crippen LogP) is 1.00. The van der Waals surface area contributed by atoms with Crippen LogP contribution >= 0.6 is 0 Å². The number of fused-ring (bicyclic) bond motifs is 3. The zero-order chi connectivity index (χ0) is 20.6. The van der Waals surface area contributed by atoms with Crippen LogP contribution in [0.5, 0.6) is 11.5 Å². The van der Waals surface area contributed by atoms with E-state index >= 15 is 0 Å². The Bertz CT molecular complexity index is 996. The van der Waals surface area contributed by atoms with Gasteiger partial charge in [0.2, 0.25) is 6.29 Å². The number of carbonyl (C=O) groups is 1. The molecule has 2 aromatic rings. The van der Waals surface area contributed by atoms with Crippen LogP contribution in [-0.2, 0) is 21.5 Å². The number of hydrogen-bond donors (Lipinski definition) is 2. The van der Waals surface area contributed by atoms with Gasteiger partial charge in [0.15, 0.2) is 23.3 Å². The molecule has 29 heavy (non-hydrogen) atoms. The van der Waals surface area contributed by atoms with E-state index in [2.05, 4.69) is 11.8 Å². The van der Waals surface area contributed by atoms with Crippen molar-refractivity contribution in [2.45, 2.75) is 24.5 Å². The molecule has 2 N–H and O–H groups in total. The van der Waals surface area contributed by atoms with E-state index in [1.165, 1.54) is 12.0 Å². The molecule has 0 radical (unpaired) electrons. The average molecular weight is 395 g/mol. The molecule has 4 rings (SSSR count). The molecule has 1 fully saturated rings. The lowest BCUT2D eigenvalue weighted by Gasteiger charge is -2.50. The predicted molar refractivity (Wildman–Crippen MR) is 103 cm³/mol. The van der Waals surface area contributed by atoms with Crippen molar-refractivity contribution >= 4 is 5.91 Å². The molecule has 2 aliphatic rings. The van der Waals surface area contributed by atoms with E-state index in [1.807, 2.05) is 36.4 Å². The van der Waals surface area contributed by atoms with E-state index in [4.69, 9.17) is 14.2 Å². The number of aliphatic hydroxyl groups is 2. The molecule has 0 aliphatic carbocycles. The molecule has 150 valence electrons. The van der Waals surface area contributed by atoms with Crippen molar-refractivity contribution in [1.29, 1.82) is 0 Å². The van der Waals surface area contributed by atoms with Gasteiger partial charge in [0.25, 0.3) is 5.91 Å². The van der Waals surface area contributed by atoms with E-state index in [-0.39, 0.29) is 6.54 Å². The van der Waals surface area contributed by atoms with Crippen molar-refractivity contribution < 1.29 is 29.2 Å². The SMILES string of the molecule is COc1cc2c(cc1OC)[C@@]1(C#Cc3ccccc3)C(O)OC(O)C(=O)N1CC2. The van der Waals surface area contributed by atoms with Crippen LogP contribution in [0.2, 0.25) is 0 Å². The molecule has 2 heterocycles. The molecular formula is C22H21NO6. The fraction of sp³-hybridized carbons (Fsp3) is 0.318. The third-order valence-electron chi connectivity index (χ3n) is 5.31. The van der Waals surface area contributed by atoms with Gasteiger partial charge in [0, 0.05) is 17.7 Å². The first-order valence-corrected chi connectivity index (χ1v) is 9.18. The molecule has 2 aliphatic heterocycles. The number of nitrogens with zero attached hydrogens (tertiary/aromatic N) is 1. The molecule has 0 saturated carbocycles. The second kappa shape index (κ2) is 7.41. The van der Waals surface area contributed by atoms with Crippen molar-refractivity contribution in [3.63, 3.8) is 0 Å². The summed E-state index contributed by atoms with van der Waals surface area (Å²) >= 11 is 0. The van der Waals surface area contributed by atoms with Crippen molar-refractivity contribution in [3.8, 4) is 23.3 Å². The summed E-state index contributed by atoms with van der Waals surface area (Å²) in [6, 6.07) is 12.8. The Balaban J connectivity index is 1.96. The summed E-state index contributed by atoms with van der Waals surface area (Å²) in [7, 11) is 3.05. The van der Waals surface area contributed by atoms with Gasteiger partial charge in [-0.3, -0.25) is 4.79 Å². The van der Waals surface area contributed by atoms with E-state index in [0.29, 0.717) is 23.5 Å². The average Bonchev–Trinajstić information content (AvgIpc) is 2.75. The summed E-state index contributed by atoms with van der Waals surface area (Å²) in [6.07, 6.45) is -2.78. The number of carbonyl (C=O) groups excluding carboxylic acids is 1.